The highest BCUT2D eigenvalue weighted by Gasteiger charge is 2.23. The van der Waals surface area contributed by atoms with E-state index >= 15 is 0 Å². The van der Waals surface area contributed by atoms with Crippen molar-refractivity contribution >= 4 is 33.2 Å². The van der Waals surface area contributed by atoms with Crippen LogP contribution in [-0.4, -0.2) is 21.4 Å². The van der Waals surface area contributed by atoms with Crippen molar-refractivity contribution in [3.63, 3.8) is 0 Å². The van der Waals surface area contributed by atoms with Gasteiger partial charge in [-0.3, -0.25) is 0 Å². The Morgan fingerprint density at radius 2 is 1.10 bits per heavy atom. The van der Waals surface area contributed by atoms with Crippen molar-refractivity contribution < 1.29 is 0 Å². The first-order valence-corrected chi connectivity index (χ1v) is 11.0. The predicted octanol–water partition coefficient (Wildman–Crippen LogP) is 6.13. The summed E-state index contributed by atoms with van der Waals surface area (Å²) in [5.41, 5.74) is 12.4. The van der Waals surface area contributed by atoms with E-state index in [1.165, 1.54) is 55.4 Å². The van der Waals surface area contributed by atoms with E-state index in [4.69, 9.17) is 10.2 Å². The summed E-state index contributed by atoms with van der Waals surface area (Å²) in [5.74, 6) is 0. The van der Waals surface area contributed by atoms with Crippen LogP contribution in [0.1, 0.15) is 59.3 Å². The fourth-order valence-electron chi connectivity index (χ4n) is 5.17. The SMILES string of the molecule is Cc1ccc2[nH]c3c(c2c1)CCCC3=NN=C1CCCc2c1[nH]c1ccc(C)cc21. The lowest BCUT2D eigenvalue weighted by Gasteiger charge is -2.15. The minimum absolute atomic E-state index is 0.980. The highest BCUT2D eigenvalue weighted by atomic mass is 15.2. The minimum atomic E-state index is 0.980. The molecule has 0 atom stereocenters. The van der Waals surface area contributed by atoms with Crippen LogP contribution in [0.2, 0.25) is 0 Å². The van der Waals surface area contributed by atoms with Crippen molar-refractivity contribution in [2.75, 3.05) is 0 Å². The number of aryl methyl sites for hydroxylation is 4. The summed E-state index contributed by atoms with van der Waals surface area (Å²) >= 11 is 0. The average molecular weight is 395 g/mol. The lowest BCUT2D eigenvalue weighted by atomic mass is 9.93. The van der Waals surface area contributed by atoms with E-state index in [-0.39, 0.29) is 0 Å². The second-order valence-corrected chi connectivity index (χ2v) is 8.86. The Morgan fingerprint density at radius 3 is 1.57 bits per heavy atom. The summed E-state index contributed by atoms with van der Waals surface area (Å²) in [4.78, 5) is 7.24. The molecule has 4 aromatic rings. The molecule has 2 aliphatic carbocycles. The van der Waals surface area contributed by atoms with Crippen LogP contribution < -0.4 is 0 Å². The third-order valence-corrected chi connectivity index (χ3v) is 6.67. The highest BCUT2D eigenvalue weighted by molar-refractivity contribution is 6.09. The van der Waals surface area contributed by atoms with E-state index in [9.17, 15) is 0 Å². The van der Waals surface area contributed by atoms with Crippen molar-refractivity contribution in [3.05, 3.63) is 70.0 Å². The van der Waals surface area contributed by atoms with Gasteiger partial charge in [0.2, 0.25) is 0 Å². The van der Waals surface area contributed by atoms with Gasteiger partial charge in [-0.25, -0.2) is 0 Å². The van der Waals surface area contributed by atoms with E-state index in [1.54, 1.807) is 0 Å². The minimum Gasteiger partial charge on any atom is -0.353 e. The molecule has 0 bridgehead atoms. The van der Waals surface area contributed by atoms with Gasteiger partial charge in [0.25, 0.3) is 0 Å². The van der Waals surface area contributed by atoms with Crippen LogP contribution >= 0.6 is 0 Å². The summed E-state index contributed by atoms with van der Waals surface area (Å²) in [6, 6.07) is 13.3. The van der Waals surface area contributed by atoms with Crippen LogP contribution in [0.4, 0.5) is 0 Å². The smallest absolute Gasteiger partial charge is 0.0868 e. The molecule has 0 unspecified atom stereocenters. The Bertz CT molecular complexity index is 1260. The molecule has 0 radical (unpaired) electrons. The van der Waals surface area contributed by atoms with Crippen LogP contribution in [0.3, 0.4) is 0 Å². The van der Waals surface area contributed by atoms with E-state index in [0.717, 1.165) is 49.9 Å². The van der Waals surface area contributed by atoms with E-state index in [1.807, 2.05) is 0 Å². The molecule has 0 aliphatic heterocycles. The lowest BCUT2D eigenvalue weighted by molar-refractivity contribution is 0.827. The number of rotatable bonds is 1. The second-order valence-electron chi connectivity index (χ2n) is 8.86. The Kier molecular flexibility index (Phi) is 3.95. The van der Waals surface area contributed by atoms with Gasteiger partial charge in [0.05, 0.1) is 22.8 Å². The van der Waals surface area contributed by atoms with Crippen LogP contribution in [0.15, 0.2) is 46.6 Å². The predicted molar refractivity (Wildman–Crippen MR) is 125 cm³/mol. The summed E-state index contributed by atoms with van der Waals surface area (Å²) in [7, 11) is 0. The van der Waals surface area contributed by atoms with Crippen LogP contribution in [0, 0.1) is 13.8 Å². The topological polar surface area (TPSA) is 56.3 Å². The van der Waals surface area contributed by atoms with Gasteiger partial charge in [-0.15, -0.1) is 0 Å². The van der Waals surface area contributed by atoms with E-state index in [2.05, 4.69) is 60.2 Å². The van der Waals surface area contributed by atoms with Crippen molar-refractivity contribution in [1.29, 1.82) is 0 Å². The zero-order valence-electron chi connectivity index (χ0n) is 17.6. The van der Waals surface area contributed by atoms with Crippen LogP contribution in [0.5, 0.6) is 0 Å². The summed E-state index contributed by atoms with van der Waals surface area (Å²) in [6.07, 6.45) is 6.45. The van der Waals surface area contributed by atoms with Crippen molar-refractivity contribution in [2.24, 2.45) is 10.2 Å². The number of H-pyrrole nitrogens is 2. The first-order valence-electron chi connectivity index (χ1n) is 11.0. The number of fused-ring (bicyclic) bond motifs is 6. The Hall–Kier alpha value is -3.14. The number of aromatic amines is 2. The van der Waals surface area contributed by atoms with Crippen molar-refractivity contribution in [3.8, 4) is 0 Å². The van der Waals surface area contributed by atoms with E-state index < -0.39 is 0 Å². The summed E-state index contributed by atoms with van der Waals surface area (Å²) in [5, 5.41) is 12.3. The normalized spacial score (nSPS) is 19.0. The third kappa shape index (κ3) is 2.74. The molecule has 2 aliphatic rings. The average Bonchev–Trinajstić information content (AvgIpc) is 3.31. The number of hydrogen-bond acceptors (Lipinski definition) is 2. The number of nitrogens with zero attached hydrogens (tertiary/aromatic N) is 2. The van der Waals surface area contributed by atoms with Gasteiger partial charge in [0.15, 0.2) is 0 Å². The fraction of sp³-hybridized carbons (Fsp3) is 0.308. The molecule has 0 amide bonds. The first-order chi connectivity index (χ1) is 14.7. The molecule has 150 valence electrons. The molecular formula is C26H26N4. The summed E-state index contributed by atoms with van der Waals surface area (Å²) < 4.78 is 0. The Morgan fingerprint density at radius 1 is 0.633 bits per heavy atom. The van der Waals surface area contributed by atoms with Gasteiger partial charge in [-0.05, 0) is 87.8 Å². The molecule has 2 heterocycles. The number of benzene rings is 2. The third-order valence-electron chi connectivity index (χ3n) is 6.67. The van der Waals surface area contributed by atoms with Crippen LogP contribution in [-0.2, 0) is 12.8 Å². The molecular weight excluding hydrogens is 368 g/mol. The first kappa shape index (κ1) is 17.7. The van der Waals surface area contributed by atoms with Gasteiger partial charge in [0, 0.05) is 21.8 Å². The van der Waals surface area contributed by atoms with Gasteiger partial charge in [0.1, 0.15) is 0 Å². The molecule has 0 spiro atoms. The maximum absolute atomic E-state index is 4.81. The van der Waals surface area contributed by atoms with Gasteiger partial charge in [-0.1, -0.05) is 23.3 Å². The van der Waals surface area contributed by atoms with Gasteiger partial charge >= 0.3 is 0 Å². The fourth-order valence-corrected chi connectivity index (χ4v) is 5.17. The lowest BCUT2D eigenvalue weighted by Crippen LogP contribution is -2.13. The molecule has 2 aromatic carbocycles. The maximum Gasteiger partial charge on any atom is 0.0868 e. The summed E-state index contributed by atoms with van der Waals surface area (Å²) in [6.45, 7) is 4.32. The molecule has 0 saturated carbocycles. The zero-order chi connectivity index (χ0) is 20.2. The maximum atomic E-state index is 4.81. The molecule has 2 N–H and O–H groups in total. The molecule has 6 rings (SSSR count). The molecule has 4 nitrogen and oxygen atoms in total. The largest absolute Gasteiger partial charge is 0.353 e. The van der Waals surface area contributed by atoms with Crippen LogP contribution in [0.25, 0.3) is 21.8 Å². The van der Waals surface area contributed by atoms with Gasteiger partial charge in [-0.2, -0.15) is 10.2 Å². The molecule has 0 fully saturated rings. The Labute approximate surface area is 176 Å². The number of nitrogens with one attached hydrogen (secondary N) is 2. The quantitative estimate of drug-likeness (QED) is 0.365. The van der Waals surface area contributed by atoms with Crippen molar-refractivity contribution in [1.82, 2.24) is 9.97 Å². The second kappa shape index (κ2) is 6.69. The number of aromatic nitrogens is 2. The standard InChI is InChI=1S/C26H26N4/c1-15-9-11-21-19(13-15)17-5-3-7-23(25(17)27-21)29-30-24-8-4-6-18-20-14-16(2)10-12-22(20)28-26(18)24/h9-14,27-28H,3-8H2,1-2H3. The van der Waals surface area contributed by atoms with E-state index in [0.29, 0.717) is 0 Å². The van der Waals surface area contributed by atoms with Gasteiger partial charge < -0.3 is 9.97 Å². The Balaban J connectivity index is 1.44. The van der Waals surface area contributed by atoms with Crippen molar-refractivity contribution in [2.45, 2.75) is 52.4 Å². The molecule has 30 heavy (non-hydrogen) atoms. The monoisotopic (exact) mass is 394 g/mol. The number of hydrogen-bond donors (Lipinski definition) is 2. The highest BCUT2D eigenvalue weighted by Crippen LogP contribution is 2.32. The zero-order valence-corrected chi connectivity index (χ0v) is 17.6. The molecule has 2 aromatic heterocycles. The molecule has 0 saturated heterocycles. The molecule has 4 heteroatoms.